The first-order valence-corrected chi connectivity index (χ1v) is 8.33. The summed E-state index contributed by atoms with van der Waals surface area (Å²) in [6, 6.07) is 3.54. The molecule has 0 aliphatic carbocycles. The van der Waals surface area contributed by atoms with E-state index in [4.69, 9.17) is 0 Å². The van der Waals surface area contributed by atoms with E-state index in [0.717, 1.165) is 23.2 Å². The number of benzene rings is 1. The number of rotatable bonds is 6. The Morgan fingerprint density at radius 1 is 1.32 bits per heavy atom. The first-order valence-electron chi connectivity index (χ1n) is 6.18. The van der Waals surface area contributed by atoms with E-state index >= 15 is 0 Å². The second-order valence-electron chi connectivity index (χ2n) is 4.07. The van der Waals surface area contributed by atoms with Gasteiger partial charge in [-0.05, 0) is 70.4 Å². The zero-order valence-corrected chi connectivity index (χ0v) is 15.4. The summed E-state index contributed by atoms with van der Waals surface area (Å²) in [5.74, 6) is -0.164. The van der Waals surface area contributed by atoms with Crippen molar-refractivity contribution in [3.8, 4) is 5.75 Å². The van der Waals surface area contributed by atoms with Gasteiger partial charge in [0.05, 0.1) is 9.13 Å². The monoisotopic (exact) mass is 488 g/mol. The largest absolute Gasteiger partial charge is 0.506 e. The van der Waals surface area contributed by atoms with Crippen LogP contribution in [0, 0.1) is 7.14 Å². The van der Waals surface area contributed by atoms with Crippen molar-refractivity contribution >= 4 is 51.1 Å². The number of halogens is 2. The molecule has 0 unspecified atom stereocenters. The normalized spacial score (nSPS) is 10.8. The molecular weight excluding hydrogens is 470 g/mol. The number of carbonyl (C=O) groups is 1. The fourth-order valence-corrected chi connectivity index (χ4v) is 3.55. The van der Waals surface area contributed by atoms with E-state index in [9.17, 15) is 9.90 Å². The summed E-state index contributed by atoms with van der Waals surface area (Å²) in [6.07, 6.45) is 0. The topological polar surface area (TPSA) is 52.6 Å². The lowest BCUT2D eigenvalue weighted by atomic mass is 10.2. The lowest BCUT2D eigenvalue weighted by molar-refractivity contribution is 0.0946. The van der Waals surface area contributed by atoms with Crippen LogP contribution in [0.25, 0.3) is 0 Å². The number of hydrogen-bond acceptors (Lipinski definition) is 3. The number of carbonyl (C=O) groups excluding carboxylic acids is 1. The van der Waals surface area contributed by atoms with Gasteiger partial charge < -0.3 is 15.3 Å². The molecule has 0 aliphatic heterocycles. The van der Waals surface area contributed by atoms with Gasteiger partial charge in [-0.3, -0.25) is 4.79 Å². The Hall–Kier alpha value is -0.0900. The maximum atomic E-state index is 12.0. The Balaban J connectivity index is 2.64. The van der Waals surface area contributed by atoms with Crippen LogP contribution in [0.2, 0.25) is 0 Å². The predicted molar refractivity (Wildman–Crippen MR) is 93.7 cm³/mol. The maximum absolute atomic E-state index is 12.0. The van der Waals surface area contributed by atoms with Crippen molar-refractivity contribution in [1.29, 1.82) is 0 Å². The van der Waals surface area contributed by atoms with Crippen molar-refractivity contribution in [2.24, 2.45) is 0 Å². The van der Waals surface area contributed by atoms with Gasteiger partial charge in [0, 0.05) is 16.7 Å². The van der Waals surface area contributed by atoms with Gasteiger partial charge in [-0.1, -0.05) is 13.8 Å². The number of hydrogen-bond donors (Lipinski definition) is 2. The van der Waals surface area contributed by atoms with Crippen LogP contribution >= 0.6 is 45.2 Å². The third kappa shape index (κ3) is 5.07. The van der Waals surface area contributed by atoms with Gasteiger partial charge >= 0.3 is 0 Å². The molecule has 0 saturated heterocycles. The van der Waals surface area contributed by atoms with Crippen LogP contribution in [0.4, 0.5) is 0 Å². The molecule has 0 fully saturated rings. The van der Waals surface area contributed by atoms with Crippen LogP contribution in [0.5, 0.6) is 5.75 Å². The van der Waals surface area contributed by atoms with Gasteiger partial charge in [0.25, 0.3) is 5.91 Å². The summed E-state index contributed by atoms with van der Waals surface area (Å²) >= 11 is 4.16. The van der Waals surface area contributed by atoms with Gasteiger partial charge in [0.15, 0.2) is 0 Å². The molecule has 0 spiro atoms. The molecule has 0 aromatic heterocycles. The highest BCUT2D eigenvalue weighted by molar-refractivity contribution is 14.1. The average Bonchev–Trinajstić information content (AvgIpc) is 2.38. The summed E-state index contributed by atoms with van der Waals surface area (Å²) in [5.41, 5.74) is 0.343. The highest BCUT2D eigenvalue weighted by Gasteiger charge is 2.14. The molecule has 0 heterocycles. The first kappa shape index (κ1) is 17.0. The third-order valence-electron chi connectivity index (χ3n) is 2.88. The quantitative estimate of drug-likeness (QED) is 0.606. The molecular formula is C13H18I2N2O2. The van der Waals surface area contributed by atoms with Gasteiger partial charge in [0.1, 0.15) is 5.75 Å². The molecule has 19 heavy (non-hydrogen) atoms. The second kappa shape index (κ2) is 8.25. The molecule has 0 atom stereocenters. The van der Waals surface area contributed by atoms with Crippen molar-refractivity contribution in [2.75, 3.05) is 26.2 Å². The van der Waals surface area contributed by atoms with Crippen molar-refractivity contribution in [3.05, 3.63) is 24.8 Å². The van der Waals surface area contributed by atoms with Crippen LogP contribution in [-0.4, -0.2) is 42.1 Å². The van der Waals surface area contributed by atoms with Gasteiger partial charge in [-0.15, -0.1) is 0 Å². The molecule has 0 radical (unpaired) electrons. The fourth-order valence-electron chi connectivity index (χ4n) is 1.70. The fraction of sp³-hybridized carbons (Fsp3) is 0.462. The van der Waals surface area contributed by atoms with Crippen molar-refractivity contribution in [1.82, 2.24) is 10.2 Å². The van der Waals surface area contributed by atoms with Crippen LogP contribution in [0.3, 0.4) is 0 Å². The minimum absolute atomic E-state index is 0.0568. The van der Waals surface area contributed by atoms with Gasteiger partial charge in [-0.25, -0.2) is 0 Å². The maximum Gasteiger partial charge on any atom is 0.255 e. The average molecular weight is 488 g/mol. The van der Waals surface area contributed by atoms with Gasteiger partial charge in [0.2, 0.25) is 0 Å². The predicted octanol–water partition coefficient (Wildman–Crippen LogP) is 2.67. The molecule has 0 bridgehead atoms. The van der Waals surface area contributed by atoms with E-state index in [0.29, 0.717) is 15.7 Å². The van der Waals surface area contributed by atoms with Crippen LogP contribution in [0.15, 0.2) is 12.1 Å². The van der Waals surface area contributed by atoms with Crippen molar-refractivity contribution < 1.29 is 9.90 Å². The smallest absolute Gasteiger partial charge is 0.255 e. The molecule has 2 N–H and O–H groups in total. The van der Waals surface area contributed by atoms with Crippen molar-refractivity contribution in [3.63, 3.8) is 0 Å². The molecule has 1 aromatic carbocycles. The molecule has 1 amide bonds. The SMILES string of the molecule is CCN(CC)CCNC(=O)c1cc(I)cc(I)c1O. The zero-order chi connectivity index (χ0) is 14.4. The van der Waals surface area contributed by atoms with E-state index in [2.05, 4.69) is 46.7 Å². The molecule has 0 saturated carbocycles. The Bertz CT molecular complexity index is 449. The van der Waals surface area contributed by atoms with E-state index in [1.54, 1.807) is 6.07 Å². The number of nitrogens with one attached hydrogen (secondary N) is 1. The Morgan fingerprint density at radius 2 is 1.95 bits per heavy atom. The van der Waals surface area contributed by atoms with Crippen LogP contribution in [0.1, 0.15) is 24.2 Å². The number of amides is 1. The highest BCUT2D eigenvalue weighted by Crippen LogP contribution is 2.26. The standard InChI is InChI=1S/C13H18I2N2O2/c1-3-17(4-2)6-5-16-13(19)10-7-9(14)8-11(15)12(10)18/h7-8,18H,3-6H2,1-2H3,(H,16,19). The Labute approximate surface area is 141 Å². The molecule has 106 valence electrons. The van der Waals surface area contributed by atoms with E-state index in [1.807, 2.05) is 28.7 Å². The Morgan fingerprint density at radius 3 is 2.53 bits per heavy atom. The zero-order valence-electron chi connectivity index (χ0n) is 11.0. The molecule has 0 aliphatic rings. The number of likely N-dealkylation sites (N-methyl/N-ethyl adjacent to an activating group) is 1. The summed E-state index contributed by atoms with van der Waals surface area (Å²) in [5, 5.41) is 12.8. The Kier molecular flexibility index (Phi) is 7.37. The number of phenolic OH excluding ortho intramolecular Hbond substituents is 1. The number of phenols is 1. The third-order valence-corrected chi connectivity index (χ3v) is 4.33. The minimum atomic E-state index is -0.221. The summed E-state index contributed by atoms with van der Waals surface area (Å²) < 4.78 is 1.63. The molecule has 6 heteroatoms. The van der Waals surface area contributed by atoms with Crippen LogP contribution < -0.4 is 5.32 Å². The number of nitrogens with zero attached hydrogens (tertiary/aromatic N) is 1. The van der Waals surface area contributed by atoms with Crippen LogP contribution in [-0.2, 0) is 0 Å². The summed E-state index contributed by atoms with van der Waals surface area (Å²) in [7, 11) is 0. The minimum Gasteiger partial charge on any atom is -0.506 e. The summed E-state index contributed by atoms with van der Waals surface area (Å²) in [6.45, 7) is 7.54. The molecule has 1 aromatic rings. The number of aromatic hydroxyl groups is 1. The van der Waals surface area contributed by atoms with E-state index in [-0.39, 0.29) is 11.7 Å². The lowest BCUT2D eigenvalue weighted by Crippen LogP contribution is -2.34. The van der Waals surface area contributed by atoms with Crippen molar-refractivity contribution in [2.45, 2.75) is 13.8 Å². The molecule has 4 nitrogen and oxygen atoms in total. The second-order valence-corrected chi connectivity index (χ2v) is 6.47. The molecule has 1 rings (SSSR count). The van der Waals surface area contributed by atoms with Gasteiger partial charge in [-0.2, -0.15) is 0 Å². The first-order chi connectivity index (χ1) is 8.99. The highest BCUT2D eigenvalue weighted by atomic mass is 127. The summed E-state index contributed by atoms with van der Waals surface area (Å²) in [4.78, 5) is 14.3. The lowest BCUT2D eigenvalue weighted by Gasteiger charge is -2.18. The van der Waals surface area contributed by atoms with E-state index < -0.39 is 0 Å². The van der Waals surface area contributed by atoms with E-state index in [1.165, 1.54) is 0 Å².